The number of hydrogen-bond acceptors (Lipinski definition) is 4. The van der Waals surface area contributed by atoms with E-state index >= 15 is 0 Å². The molecule has 1 unspecified atom stereocenters. The van der Waals surface area contributed by atoms with Gasteiger partial charge >= 0.3 is 5.97 Å². The summed E-state index contributed by atoms with van der Waals surface area (Å²) in [6, 6.07) is 5.90. The first-order valence-electron chi connectivity index (χ1n) is 6.26. The molecule has 21 heavy (non-hydrogen) atoms. The third kappa shape index (κ3) is 3.11. The molecule has 0 saturated heterocycles. The van der Waals surface area contributed by atoms with Crippen molar-refractivity contribution in [1.29, 1.82) is 0 Å². The van der Waals surface area contributed by atoms with Gasteiger partial charge in [-0.25, -0.2) is 9.48 Å². The Balaban J connectivity index is 2.43. The fraction of sp³-hybridized carbons (Fsp3) is 0.286. The van der Waals surface area contributed by atoms with Crippen molar-refractivity contribution in [2.75, 3.05) is 12.4 Å². The van der Waals surface area contributed by atoms with Crippen molar-refractivity contribution in [3.63, 3.8) is 0 Å². The summed E-state index contributed by atoms with van der Waals surface area (Å²) < 4.78 is 6.77. The fourth-order valence-corrected chi connectivity index (χ4v) is 2.42. The van der Waals surface area contributed by atoms with Gasteiger partial charge in [-0.2, -0.15) is 5.10 Å². The van der Waals surface area contributed by atoms with Crippen LogP contribution in [0, 0.1) is 6.92 Å². The molecule has 1 heterocycles. The van der Waals surface area contributed by atoms with Gasteiger partial charge in [-0.05, 0) is 25.1 Å². The van der Waals surface area contributed by atoms with Crippen LogP contribution in [0.25, 0.3) is 0 Å². The minimum atomic E-state index is -1.02. The highest BCUT2D eigenvalue weighted by atomic mass is 35.5. The summed E-state index contributed by atoms with van der Waals surface area (Å²) in [5.41, 5.74) is 1.70. The number of nitrogens with one attached hydrogen (secondary N) is 1. The lowest BCUT2D eigenvalue weighted by Crippen LogP contribution is -2.21. The number of carbonyl (C=O) groups is 1. The zero-order chi connectivity index (χ0) is 15.6. The summed E-state index contributed by atoms with van der Waals surface area (Å²) in [7, 11) is 3.19. The maximum absolute atomic E-state index is 11.6. The second kappa shape index (κ2) is 6.05. The zero-order valence-corrected chi connectivity index (χ0v) is 12.7. The van der Waals surface area contributed by atoms with Gasteiger partial charge in [-0.15, -0.1) is 0 Å². The van der Waals surface area contributed by atoms with Crippen LogP contribution in [0.15, 0.2) is 24.3 Å². The number of methoxy groups -OCH3 is 1. The Kier molecular flexibility index (Phi) is 4.37. The first-order valence-corrected chi connectivity index (χ1v) is 6.64. The molecule has 7 heteroatoms. The Morgan fingerprint density at radius 2 is 2.24 bits per heavy atom. The highest BCUT2D eigenvalue weighted by molar-refractivity contribution is 6.30. The molecule has 0 fully saturated rings. The predicted molar refractivity (Wildman–Crippen MR) is 79.9 cm³/mol. The second-order valence-electron chi connectivity index (χ2n) is 4.56. The first kappa shape index (κ1) is 15.2. The molecular formula is C14H16ClN3O3. The molecule has 6 nitrogen and oxygen atoms in total. The number of aryl methyl sites for hydroxylation is 2. The van der Waals surface area contributed by atoms with Gasteiger partial charge in [-0.1, -0.05) is 17.7 Å². The number of carboxylic acid groups (broad SMARTS) is 1. The predicted octanol–water partition coefficient (Wildman–Crippen LogP) is 2.63. The molecule has 0 aliphatic rings. The van der Waals surface area contributed by atoms with Gasteiger partial charge in [0.05, 0.1) is 18.4 Å². The van der Waals surface area contributed by atoms with Crippen LogP contribution in [0.4, 0.5) is 5.69 Å². The molecule has 0 amide bonds. The van der Waals surface area contributed by atoms with Gasteiger partial charge < -0.3 is 15.2 Å². The Hall–Kier alpha value is -2.21. The lowest BCUT2D eigenvalue weighted by molar-refractivity contribution is -0.138. The molecule has 0 aliphatic heterocycles. The highest BCUT2D eigenvalue weighted by Gasteiger charge is 2.29. The SMILES string of the molecule is COc1c(C(Nc2cccc(Cl)c2)C(=O)O)c(C)nn1C. The molecule has 1 aromatic heterocycles. The zero-order valence-electron chi connectivity index (χ0n) is 11.9. The monoisotopic (exact) mass is 309 g/mol. The van der Waals surface area contributed by atoms with E-state index in [0.29, 0.717) is 27.8 Å². The molecule has 2 rings (SSSR count). The summed E-state index contributed by atoms with van der Waals surface area (Å²) in [6.07, 6.45) is 0. The molecule has 2 aromatic rings. The highest BCUT2D eigenvalue weighted by Crippen LogP contribution is 2.31. The quantitative estimate of drug-likeness (QED) is 0.888. The van der Waals surface area contributed by atoms with Gasteiger partial charge in [0.1, 0.15) is 0 Å². The fourth-order valence-electron chi connectivity index (χ4n) is 2.23. The van der Waals surface area contributed by atoms with Crippen molar-refractivity contribution < 1.29 is 14.6 Å². The van der Waals surface area contributed by atoms with Crippen LogP contribution in [0.5, 0.6) is 5.88 Å². The average molecular weight is 310 g/mol. The number of aliphatic carboxylic acids is 1. The summed E-state index contributed by atoms with van der Waals surface area (Å²) in [6.45, 7) is 1.74. The summed E-state index contributed by atoms with van der Waals surface area (Å²) >= 11 is 5.92. The van der Waals surface area contributed by atoms with Crippen LogP contribution >= 0.6 is 11.6 Å². The van der Waals surface area contributed by atoms with Crippen molar-refractivity contribution in [2.45, 2.75) is 13.0 Å². The molecule has 1 aromatic carbocycles. The minimum absolute atomic E-state index is 0.412. The topological polar surface area (TPSA) is 76.4 Å². The molecule has 1 atom stereocenters. The summed E-state index contributed by atoms with van der Waals surface area (Å²) in [4.78, 5) is 11.6. The number of benzene rings is 1. The Morgan fingerprint density at radius 1 is 1.52 bits per heavy atom. The van der Waals surface area contributed by atoms with E-state index in [1.54, 1.807) is 38.2 Å². The van der Waals surface area contributed by atoms with Gasteiger partial charge in [-0.3, -0.25) is 0 Å². The number of carboxylic acids is 1. The summed E-state index contributed by atoms with van der Waals surface area (Å²) in [5, 5.41) is 17.2. The van der Waals surface area contributed by atoms with Crippen LogP contribution in [-0.4, -0.2) is 28.0 Å². The number of nitrogens with zero attached hydrogens (tertiary/aromatic N) is 2. The molecule has 0 saturated carbocycles. The van der Waals surface area contributed by atoms with Crippen LogP contribution in [0.2, 0.25) is 5.02 Å². The molecule has 0 aliphatic carbocycles. The van der Waals surface area contributed by atoms with Crippen LogP contribution < -0.4 is 10.1 Å². The van der Waals surface area contributed by atoms with E-state index in [9.17, 15) is 9.90 Å². The minimum Gasteiger partial charge on any atom is -0.481 e. The number of rotatable bonds is 5. The van der Waals surface area contributed by atoms with Gasteiger partial charge in [0.15, 0.2) is 6.04 Å². The van der Waals surface area contributed by atoms with E-state index in [0.717, 1.165) is 0 Å². The smallest absolute Gasteiger partial charge is 0.331 e. The lowest BCUT2D eigenvalue weighted by atomic mass is 10.1. The van der Waals surface area contributed by atoms with E-state index in [1.165, 1.54) is 11.8 Å². The average Bonchev–Trinajstić information content (AvgIpc) is 2.69. The lowest BCUT2D eigenvalue weighted by Gasteiger charge is -2.17. The van der Waals surface area contributed by atoms with Crippen molar-refractivity contribution in [1.82, 2.24) is 9.78 Å². The molecule has 112 valence electrons. The maximum Gasteiger partial charge on any atom is 0.331 e. The van der Waals surface area contributed by atoms with Crippen molar-refractivity contribution in [3.05, 3.63) is 40.5 Å². The van der Waals surface area contributed by atoms with Gasteiger partial charge in [0.25, 0.3) is 0 Å². The van der Waals surface area contributed by atoms with E-state index < -0.39 is 12.0 Å². The molecule has 0 spiro atoms. The number of hydrogen-bond donors (Lipinski definition) is 2. The van der Waals surface area contributed by atoms with E-state index in [4.69, 9.17) is 16.3 Å². The largest absolute Gasteiger partial charge is 0.481 e. The third-order valence-electron chi connectivity index (χ3n) is 3.08. The normalized spacial score (nSPS) is 12.0. The maximum atomic E-state index is 11.6. The number of halogens is 1. The standard InChI is InChI=1S/C14H16ClN3O3/c1-8-11(13(21-3)18(2)17-8)12(14(19)20)16-10-6-4-5-9(15)7-10/h4-7,12,16H,1-3H3,(H,19,20). The Morgan fingerprint density at radius 3 is 2.81 bits per heavy atom. The van der Waals surface area contributed by atoms with E-state index in [-0.39, 0.29) is 0 Å². The van der Waals surface area contributed by atoms with Crippen LogP contribution in [0.1, 0.15) is 17.3 Å². The third-order valence-corrected chi connectivity index (χ3v) is 3.31. The van der Waals surface area contributed by atoms with Crippen LogP contribution in [-0.2, 0) is 11.8 Å². The molecule has 0 bridgehead atoms. The van der Waals surface area contributed by atoms with Crippen LogP contribution in [0.3, 0.4) is 0 Å². The van der Waals surface area contributed by atoms with Crippen molar-refractivity contribution >= 4 is 23.3 Å². The molecule has 0 radical (unpaired) electrons. The van der Waals surface area contributed by atoms with E-state index in [1.807, 2.05) is 0 Å². The van der Waals surface area contributed by atoms with Gasteiger partial charge in [0.2, 0.25) is 5.88 Å². The Labute approximate surface area is 127 Å². The first-order chi connectivity index (χ1) is 9.93. The van der Waals surface area contributed by atoms with Gasteiger partial charge in [0, 0.05) is 17.8 Å². The molecular weight excluding hydrogens is 294 g/mol. The van der Waals surface area contributed by atoms with Crippen molar-refractivity contribution in [3.8, 4) is 5.88 Å². The van der Waals surface area contributed by atoms with E-state index in [2.05, 4.69) is 10.4 Å². The number of ether oxygens (including phenoxy) is 1. The summed E-state index contributed by atoms with van der Waals surface area (Å²) in [5.74, 6) is -0.612. The number of anilines is 1. The molecule has 2 N–H and O–H groups in total. The Bertz CT molecular complexity index is 669. The van der Waals surface area contributed by atoms with Crippen molar-refractivity contribution in [2.24, 2.45) is 7.05 Å². The number of aromatic nitrogens is 2. The second-order valence-corrected chi connectivity index (χ2v) is 4.99.